The molecule has 0 bridgehead atoms. The largest absolute Gasteiger partial charge is 0.504 e. The number of ketones is 3. The Hall–Kier alpha value is -3.01. The van der Waals surface area contributed by atoms with Crippen molar-refractivity contribution in [1.29, 1.82) is 0 Å². The van der Waals surface area contributed by atoms with Gasteiger partial charge in [-0.15, -0.1) is 0 Å². The van der Waals surface area contributed by atoms with Crippen molar-refractivity contribution in [3.63, 3.8) is 0 Å². The van der Waals surface area contributed by atoms with E-state index in [1.165, 1.54) is 0 Å². The summed E-state index contributed by atoms with van der Waals surface area (Å²) in [5.74, 6) is -16.0. The van der Waals surface area contributed by atoms with Crippen molar-refractivity contribution in [2.75, 3.05) is 0 Å². The first-order valence-corrected chi connectivity index (χ1v) is 7.92. The summed E-state index contributed by atoms with van der Waals surface area (Å²) in [6, 6.07) is 0. The molecule has 0 fully saturated rings. The molecule has 40 heavy (non-hydrogen) atoms. The van der Waals surface area contributed by atoms with Gasteiger partial charge in [-0.2, -0.15) is 79.0 Å². The van der Waals surface area contributed by atoms with Gasteiger partial charge in [0.25, 0.3) is 17.3 Å². The van der Waals surface area contributed by atoms with E-state index in [9.17, 15) is 93.4 Å². The minimum atomic E-state index is -5.42. The molecule has 0 aliphatic rings. The summed E-state index contributed by atoms with van der Waals surface area (Å²) in [7, 11) is 0. The first-order valence-electron chi connectivity index (χ1n) is 7.92. The molecule has 0 heterocycles. The van der Waals surface area contributed by atoms with Gasteiger partial charge < -0.3 is 15.3 Å². The molecule has 236 valence electrons. The van der Waals surface area contributed by atoms with Gasteiger partial charge in [0.05, 0.1) is 0 Å². The number of allylic oxidation sites excluding steroid dienone is 6. The minimum absolute atomic E-state index is 0. The number of hydrogen-bond donors (Lipinski definition) is 3. The number of halogens is 18. The van der Waals surface area contributed by atoms with Crippen LogP contribution in [0.3, 0.4) is 0 Å². The van der Waals surface area contributed by atoms with Gasteiger partial charge in [-0.25, -0.2) is 0 Å². The van der Waals surface area contributed by atoms with Crippen LogP contribution in [0.1, 0.15) is 0 Å². The monoisotopic (exact) mass is 726 g/mol. The molecule has 0 unspecified atom stereocenters. The average molecular weight is 725 g/mol. The topological polar surface area (TPSA) is 112 Å². The molecule has 0 saturated heterocycles. The van der Waals surface area contributed by atoms with E-state index < -0.39 is 89.9 Å². The van der Waals surface area contributed by atoms with Crippen molar-refractivity contribution < 1.29 is 128 Å². The first-order chi connectivity index (χ1) is 16.6. The van der Waals surface area contributed by atoms with Crippen LogP contribution < -0.4 is 0 Å². The molecule has 0 saturated carbocycles. The molecule has 25 heteroatoms. The summed E-state index contributed by atoms with van der Waals surface area (Å²) in [5, 5.41) is 23.8. The predicted molar refractivity (Wildman–Crippen MR) is 83.5 cm³/mol. The van der Waals surface area contributed by atoms with Crippen molar-refractivity contribution in [1.82, 2.24) is 0 Å². The van der Waals surface area contributed by atoms with Gasteiger partial charge in [0, 0.05) is 37.7 Å². The number of carbonyl (C=O) groups is 3. The Morgan fingerprint density at radius 2 is 0.475 bits per heavy atom. The van der Waals surface area contributed by atoms with Crippen LogP contribution in [0.5, 0.6) is 0 Å². The Balaban J connectivity index is -0.000000240. The van der Waals surface area contributed by atoms with E-state index in [0.717, 1.165) is 0 Å². The summed E-state index contributed by atoms with van der Waals surface area (Å²) in [5.41, 5.74) is 0. The van der Waals surface area contributed by atoms with Crippen LogP contribution in [0.25, 0.3) is 0 Å². The summed E-state index contributed by atoms with van der Waals surface area (Å²) < 4.78 is 204. The van der Waals surface area contributed by atoms with Crippen molar-refractivity contribution >= 4 is 17.3 Å². The second-order valence-corrected chi connectivity index (χ2v) is 5.67. The van der Waals surface area contributed by atoms with Gasteiger partial charge in [0.1, 0.15) is 0 Å². The number of carbonyl (C=O) groups excluding carboxylic acids is 3. The molecule has 0 aliphatic carbocycles. The van der Waals surface area contributed by atoms with Crippen LogP contribution >= 0.6 is 0 Å². The van der Waals surface area contributed by atoms with Crippen LogP contribution in [0.4, 0.5) is 79.0 Å². The Bertz CT molecular complexity index is 834. The van der Waals surface area contributed by atoms with Gasteiger partial charge >= 0.3 is 37.1 Å². The van der Waals surface area contributed by atoms with Crippen molar-refractivity contribution in [2.24, 2.45) is 0 Å². The molecule has 0 spiro atoms. The van der Waals surface area contributed by atoms with Gasteiger partial charge in [0.2, 0.25) is 17.3 Å². The van der Waals surface area contributed by atoms with E-state index in [2.05, 4.69) is 0 Å². The van der Waals surface area contributed by atoms with Crippen molar-refractivity contribution in [3.8, 4) is 0 Å². The van der Waals surface area contributed by atoms with Gasteiger partial charge in [-0.05, 0) is 0 Å². The zero-order chi connectivity index (χ0) is 32.6. The summed E-state index contributed by atoms with van der Waals surface area (Å²) >= 11 is 0. The molecule has 0 atom stereocenters. The Kier molecular flexibility index (Phi) is 16.6. The van der Waals surface area contributed by atoms with E-state index in [0.29, 0.717) is 0 Å². The maximum Gasteiger partial charge on any atom is 0.454 e. The Morgan fingerprint density at radius 3 is 0.550 bits per heavy atom. The molecule has 0 aromatic carbocycles. The molecule has 0 aliphatic heterocycles. The Labute approximate surface area is 219 Å². The number of aliphatic hydroxyl groups excluding tert-OH is 3. The number of rotatable bonds is 3. The average Bonchev–Trinajstić information content (AvgIpc) is 2.64. The van der Waals surface area contributed by atoms with E-state index in [-0.39, 0.29) is 19.5 Å². The second-order valence-electron chi connectivity index (χ2n) is 5.67. The van der Waals surface area contributed by atoms with Gasteiger partial charge in [0.15, 0.2) is 0 Å². The fourth-order valence-corrected chi connectivity index (χ4v) is 0.864. The SMILES string of the molecule is O=C(/C=C(\O)C(F)(F)F)C(F)(F)F.O=C(/C=C(\O)C(F)(F)F)C(F)(F)F.O=C(/C=C(\O)C(F)(F)F)C(F)(F)F.[Ru]. The van der Waals surface area contributed by atoms with Crippen LogP contribution in [0, 0.1) is 0 Å². The quantitative estimate of drug-likeness (QED) is 0.135. The molecular weight excluding hydrogens is 719 g/mol. The van der Waals surface area contributed by atoms with Gasteiger partial charge in [-0.3, -0.25) is 14.4 Å². The molecule has 6 nitrogen and oxygen atoms in total. The smallest absolute Gasteiger partial charge is 0.454 e. The standard InChI is InChI=1S/3C5H2F6O2.Ru/c3*6-4(7,8)2(12)1-3(13)5(9,10)11;/h3*1,12H;/b3*2-1-;. The van der Waals surface area contributed by atoms with E-state index >= 15 is 0 Å². The predicted octanol–water partition coefficient (Wildman–Crippen LogP) is 6.36. The molecule has 0 radical (unpaired) electrons. The third kappa shape index (κ3) is 20.0. The number of aliphatic hydroxyl groups is 3. The minimum Gasteiger partial charge on any atom is -0.504 e. The zero-order valence-electron chi connectivity index (χ0n) is 17.5. The molecule has 0 aromatic rings. The van der Waals surface area contributed by atoms with Crippen molar-refractivity contribution in [3.05, 3.63) is 35.5 Å². The fraction of sp³-hybridized carbons (Fsp3) is 0.400. The molecule has 0 rings (SSSR count). The fourth-order valence-electron chi connectivity index (χ4n) is 0.864. The van der Waals surface area contributed by atoms with Crippen LogP contribution in [0.15, 0.2) is 35.5 Å². The molecular formula is C15H6F18O6Ru. The maximum atomic E-state index is 11.4. The van der Waals surface area contributed by atoms with E-state index in [1.54, 1.807) is 0 Å². The summed E-state index contributed by atoms with van der Waals surface area (Å²) in [6.45, 7) is 0. The Morgan fingerprint density at radius 1 is 0.350 bits per heavy atom. The second kappa shape index (κ2) is 15.1. The molecule has 3 N–H and O–H groups in total. The van der Waals surface area contributed by atoms with Crippen LogP contribution in [-0.4, -0.2) is 69.7 Å². The maximum absolute atomic E-state index is 11.4. The van der Waals surface area contributed by atoms with Crippen LogP contribution in [-0.2, 0) is 33.9 Å². The van der Waals surface area contributed by atoms with Gasteiger partial charge in [-0.1, -0.05) is 0 Å². The number of hydrogen-bond acceptors (Lipinski definition) is 6. The molecule has 0 aromatic heterocycles. The summed E-state index contributed by atoms with van der Waals surface area (Å²) in [6.07, 6.45) is -35.0. The third-order valence-corrected chi connectivity index (χ3v) is 2.51. The summed E-state index contributed by atoms with van der Waals surface area (Å²) in [4.78, 5) is 29.6. The van der Waals surface area contributed by atoms with E-state index in [4.69, 9.17) is 15.3 Å². The van der Waals surface area contributed by atoms with Crippen molar-refractivity contribution in [2.45, 2.75) is 37.1 Å². The van der Waals surface area contributed by atoms with Crippen LogP contribution in [0.2, 0.25) is 0 Å². The third-order valence-electron chi connectivity index (χ3n) is 2.51. The van der Waals surface area contributed by atoms with E-state index in [1.807, 2.05) is 0 Å². The number of alkyl halides is 18. The normalized spacial score (nSPS) is 14.1. The molecule has 0 amide bonds. The first kappa shape index (κ1) is 44.0. The zero-order valence-corrected chi connectivity index (χ0v) is 19.2.